The molecule has 1 saturated heterocycles. The first-order chi connectivity index (χ1) is 9.33. The summed E-state index contributed by atoms with van der Waals surface area (Å²) in [5, 5.41) is 12.9. The zero-order valence-corrected chi connectivity index (χ0v) is 11.9. The lowest BCUT2D eigenvalue weighted by Crippen LogP contribution is -2.12. The second kappa shape index (κ2) is 5.94. The molecule has 0 saturated carbocycles. The molecule has 100 valence electrons. The van der Waals surface area contributed by atoms with Crippen molar-refractivity contribution < 1.29 is 4.42 Å². The van der Waals surface area contributed by atoms with Crippen molar-refractivity contribution in [3.05, 3.63) is 40.7 Å². The van der Waals surface area contributed by atoms with Crippen LogP contribution in [0.2, 0.25) is 5.02 Å². The Morgan fingerprint density at radius 2 is 2.26 bits per heavy atom. The van der Waals surface area contributed by atoms with E-state index in [1.165, 1.54) is 11.8 Å². The maximum atomic E-state index is 6.11. The van der Waals surface area contributed by atoms with Crippen LogP contribution in [-0.2, 0) is 5.75 Å². The van der Waals surface area contributed by atoms with Crippen LogP contribution in [-0.4, -0.2) is 16.7 Å². The van der Waals surface area contributed by atoms with Gasteiger partial charge in [-0.25, -0.2) is 0 Å². The van der Waals surface area contributed by atoms with Crippen LogP contribution < -0.4 is 5.32 Å². The molecule has 2 aromatic rings. The summed E-state index contributed by atoms with van der Waals surface area (Å²) in [4.78, 5) is 0. The fourth-order valence-electron chi connectivity index (χ4n) is 2.07. The van der Waals surface area contributed by atoms with Crippen LogP contribution in [0, 0.1) is 0 Å². The SMILES string of the molecule is Clc1ccccc1CSc1nnc([C@H]2CCCN2)o1. The van der Waals surface area contributed by atoms with Crippen LogP contribution in [0.25, 0.3) is 0 Å². The molecule has 6 heteroatoms. The van der Waals surface area contributed by atoms with Crippen LogP contribution in [0.1, 0.15) is 30.3 Å². The van der Waals surface area contributed by atoms with Crippen molar-refractivity contribution in [1.29, 1.82) is 0 Å². The molecule has 1 aromatic heterocycles. The molecule has 1 aromatic carbocycles. The lowest BCUT2D eigenvalue weighted by molar-refractivity contribution is 0.374. The van der Waals surface area contributed by atoms with Gasteiger partial charge in [-0.15, -0.1) is 10.2 Å². The van der Waals surface area contributed by atoms with Crippen molar-refractivity contribution in [1.82, 2.24) is 15.5 Å². The summed E-state index contributed by atoms with van der Waals surface area (Å²) >= 11 is 7.62. The van der Waals surface area contributed by atoms with Crippen molar-refractivity contribution >= 4 is 23.4 Å². The minimum atomic E-state index is 0.224. The lowest BCUT2D eigenvalue weighted by atomic mass is 10.2. The summed E-state index contributed by atoms with van der Waals surface area (Å²) in [7, 11) is 0. The van der Waals surface area contributed by atoms with Crippen molar-refractivity contribution in [2.75, 3.05) is 6.54 Å². The third-order valence-electron chi connectivity index (χ3n) is 3.09. The second-order valence-corrected chi connectivity index (χ2v) is 5.77. The fourth-order valence-corrected chi connectivity index (χ4v) is 3.13. The van der Waals surface area contributed by atoms with Crippen molar-refractivity contribution in [3.63, 3.8) is 0 Å². The minimum Gasteiger partial charge on any atom is -0.414 e. The predicted molar refractivity (Wildman–Crippen MR) is 75.3 cm³/mol. The molecular formula is C13H14ClN3OS. The van der Waals surface area contributed by atoms with Gasteiger partial charge < -0.3 is 9.73 Å². The van der Waals surface area contributed by atoms with E-state index in [9.17, 15) is 0 Å². The Kier molecular flexibility index (Phi) is 4.06. The molecular weight excluding hydrogens is 282 g/mol. The molecule has 1 aliphatic heterocycles. The van der Waals surface area contributed by atoms with Gasteiger partial charge >= 0.3 is 0 Å². The van der Waals surface area contributed by atoms with Gasteiger partial charge in [0.05, 0.1) is 6.04 Å². The number of nitrogens with zero attached hydrogens (tertiary/aromatic N) is 2. The molecule has 1 N–H and O–H groups in total. The van der Waals surface area contributed by atoms with Crippen LogP contribution in [0.3, 0.4) is 0 Å². The third-order valence-corrected chi connectivity index (χ3v) is 4.33. The average Bonchev–Trinajstić information content (AvgIpc) is 3.09. The first kappa shape index (κ1) is 13.0. The zero-order chi connectivity index (χ0) is 13.1. The summed E-state index contributed by atoms with van der Waals surface area (Å²) < 4.78 is 5.66. The lowest BCUT2D eigenvalue weighted by Gasteiger charge is -2.02. The van der Waals surface area contributed by atoms with E-state index < -0.39 is 0 Å². The normalized spacial score (nSPS) is 18.9. The smallest absolute Gasteiger partial charge is 0.276 e. The van der Waals surface area contributed by atoms with Gasteiger partial charge in [0.25, 0.3) is 5.22 Å². The van der Waals surface area contributed by atoms with Gasteiger partial charge in [0, 0.05) is 10.8 Å². The standard InChI is InChI=1S/C13H14ClN3OS/c14-10-5-2-1-4-9(10)8-19-13-17-16-12(18-13)11-6-3-7-15-11/h1-2,4-5,11,15H,3,6-8H2/t11-/m1/s1. The Hall–Kier alpha value is -1.04. The second-order valence-electron chi connectivity index (χ2n) is 4.44. The van der Waals surface area contributed by atoms with E-state index in [1.54, 1.807) is 0 Å². The molecule has 0 amide bonds. The van der Waals surface area contributed by atoms with Gasteiger partial charge in [0.2, 0.25) is 5.89 Å². The molecule has 1 fully saturated rings. The summed E-state index contributed by atoms with van der Waals surface area (Å²) in [6, 6.07) is 8.02. The largest absolute Gasteiger partial charge is 0.414 e. The van der Waals surface area contributed by atoms with Gasteiger partial charge in [0.1, 0.15) is 0 Å². The Balaban J connectivity index is 1.63. The number of benzene rings is 1. The maximum Gasteiger partial charge on any atom is 0.276 e. The van der Waals surface area contributed by atoms with E-state index in [0.717, 1.165) is 35.7 Å². The van der Waals surface area contributed by atoms with Crippen molar-refractivity contribution in [3.8, 4) is 0 Å². The highest BCUT2D eigenvalue weighted by molar-refractivity contribution is 7.98. The summed E-state index contributed by atoms with van der Waals surface area (Å²) in [5.74, 6) is 1.43. The van der Waals surface area contributed by atoms with Gasteiger partial charge in [0.15, 0.2) is 0 Å². The number of hydrogen-bond donors (Lipinski definition) is 1. The van der Waals surface area contributed by atoms with Gasteiger partial charge in [-0.1, -0.05) is 41.6 Å². The summed E-state index contributed by atoms with van der Waals surface area (Å²) in [5.41, 5.74) is 1.08. The van der Waals surface area contributed by atoms with Crippen molar-refractivity contribution in [2.45, 2.75) is 29.9 Å². The average molecular weight is 296 g/mol. The predicted octanol–water partition coefficient (Wildman–Crippen LogP) is 3.44. The number of halogens is 1. The van der Waals surface area contributed by atoms with Gasteiger partial charge in [-0.05, 0) is 31.0 Å². The number of thioether (sulfide) groups is 1. The molecule has 0 unspecified atom stereocenters. The van der Waals surface area contributed by atoms with E-state index in [2.05, 4.69) is 15.5 Å². The highest BCUT2D eigenvalue weighted by atomic mass is 35.5. The van der Waals surface area contributed by atoms with Crippen LogP contribution in [0.5, 0.6) is 0 Å². The summed E-state index contributed by atoms with van der Waals surface area (Å²) in [6.07, 6.45) is 2.23. The highest BCUT2D eigenvalue weighted by Crippen LogP contribution is 2.28. The Morgan fingerprint density at radius 1 is 1.37 bits per heavy atom. The molecule has 0 bridgehead atoms. The van der Waals surface area contributed by atoms with Crippen molar-refractivity contribution in [2.24, 2.45) is 0 Å². The van der Waals surface area contributed by atoms with E-state index in [1.807, 2.05) is 24.3 Å². The molecule has 19 heavy (non-hydrogen) atoms. The first-order valence-corrected chi connectivity index (χ1v) is 7.62. The number of rotatable bonds is 4. The number of hydrogen-bond acceptors (Lipinski definition) is 5. The Bertz CT molecular complexity index is 554. The fraction of sp³-hybridized carbons (Fsp3) is 0.385. The maximum absolute atomic E-state index is 6.11. The van der Waals surface area contributed by atoms with Gasteiger partial charge in [-0.3, -0.25) is 0 Å². The zero-order valence-electron chi connectivity index (χ0n) is 10.3. The Morgan fingerprint density at radius 3 is 3.05 bits per heavy atom. The summed E-state index contributed by atoms with van der Waals surface area (Å²) in [6.45, 7) is 1.02. The van der Waals surface area contributed by atoms with E-state index in [0.29, 0.717) is 11.1 Å². The number of aromatic nitrogens is 2. The van der Waals surface area contributed by atoms with Crippen LogP contribution in [0.4, 0.5) is 0 Å². The molecule has 0 radical (unpaired) electrons. The first-order valence-electron chi connectivity index (χ1n) is 6.26. The molecule has 3 rings (SSSR count). The number of nitrogens with one attached hydrogen (secondary N) is 1. The van der Waals surface area contributed by atoms with Crippen LogP contribution in [0.15, 0.2) is 33.9 Å². The molecule has 1 atom stereocenters. The minimum absolute atomic E-state index is 0.224. The monoisotopic (exact) mass is 295 g/mol. The molecule has 0 aliphatic carbocycles. The third kappa shape index (κ3) is 3.11. The quantitative estimate of drug-likeness (QED) is 0.876. The van der Waals surface area contributed by atoms with Crippen LogP contribution >= 0.6 is 23.4 Å². The highest BCUT2D eigenvalue weighted by Gasteiger charge is 2.22. The van der Waals surface area contributed by atoms with E-state index in [-0.39, 0.29) is 6.04 Å². The topological polar surface area (TPSA) is 51.0 Å². The molecule has 1 aliphatic rings. The molecule has 0 spiro atoms. The Labute approximate surface area is 120 Å². The van der Waals surface area contributed by atoms with E-state index in [4.69, 9.17) is 16.0 Å². The molecule has 4 nitrogen and oxygen atoms in total. The van der Waals surface area contributed by atoms with Gasteiger partial charge in [-0.2, -0.15) is 0 Å². The molecule has 2 heterocycles. The van der Waals surface area contributed by atoms with E-state index >= 15 is 0 Å².